The van der Waals surface area contributed by atoms with Crippen LogP contribution in [0.1, 0.15) is 0 Å². The molecular weight excluding hydrogens is 361 g/mol. The van der Waals surface area contributed by atoms with E-state index in [1.807, 2.05) is 18.2 Å². The standard InChI is InChI=1S/C9H5BrINS/c10-7-8(11)13-9(12-7)6-4-2-1-3-5-6/h1-5H. The highest BCUT2D eigenvalue weighted by atomic mass is 127. The Morgan fingerprint density at radius 2 is 1.92 bits per heavy atom. The molecule has 0 saturated carbocycles. The van der Waals surface area contributed by atoms with Crippen molar-refractivity contribution in [3.05, 3.63) is 37.8 Å². The summed E-state index contributed by atoms with van der Waals surface area (Å²) in [5, 5.41) is 1.07. The molecule has 1 aromatic heterocycles. The van der Waals surface area contributed by atoms with Crippen LogP contribution in [0.2, 0.25) is 0 Å². The summed E-state index contributed by atoms with van der Waals surface area (Å²) in [5.74, 6) is 0. The first-order valence-electron chi connectivity index (χ1n) is 3.64. The van der Waals surface area contributed by atoms with Gasteiger partial charge in [0, 0.05) is 5.56 Å². The predicted octanol–water partition coefficient (Wildman–Crippen LogP) is 4.18. The molecule has 13 heavy (non-hydrogen) atoms. The minimum Gasteiger partial charge on any atom is -0.228 e. The van der Waals surface area contributed by atoms with Gasteiger partial charge in [-0.25, -0.2) is 4.98 Å². The van der Waals surface area contributed by atoms with Crippen molar-refractivity contribution in [1.29, 1.82) is 0 Å². The Morgan fingerprint density at radius 1 is 1.23 bits per heavy atom. The molecule has 0 atom stereocenters. The van der Waals surface area contributed by atoms with E-state index in [0.717, 1.165) is 9.61 Å². The smallest absolute Gasteiger partial charge is 0.131 e. The van der Waals surface area contributed by atoms with E-state index < -0.39 is 0 Å². The summed E-state index contributed by atoms with van der Waals surface area (Å²) >= 11 is 7.38. The minimum absolute atomic E-state index is 0.942. The number of thiazole rings is 1. The number of hydrogen-bond acceptors (Lipinski definition) is 2. The van der Waals surface area contributed by atoms with Crippen molar-refractivity contribution in [2.45, 2.75) is 0 Å². The average Bonchev–Trinajstić information content (AvgIpc) is 2.49. The summed E-state index contributed by atoms with van der Waals surface area (Å²) in [6.45, 7) is 0. The van der Waals surface area contributed by atoms with Gasteiger partial charge in [0.05, 0.1) is 0 Å². The van der Waals surface area contributed by atoms with E-state index in [0.29, 0.717) is 0 Å². The van der Waals surface area contributed by atoms with Gasteiger partial charge in [0.25, 0.3) is 0 Å². The van der Waals surface area contributed by atoms with E-state index in [9.17, 15) is 0 Å². The Kier molecular flexibility index (Phi) is 3.00. The molecular formula is C9H5BrINS. The number of rotatable bonds is 1. The Balaban J connectivity index is 2.48. The molecule has 66 valence electrons. The second-order valence-corrected chi connectivity index (χ2v) is 6.01. The first kappa shape index (κ1) is 9.61. The summed E-state index contributed by atoms with van der Waals surface area (Å²) in [7, 11) is 0. The predicted molar refractivity (Wildman–Crippen MR) is 68.0 cm³/mol. The molecule has 0 aliphatic rings. The zero-order valence-electron chi connectivity index (χ0n) is 6.50. The van der Waals surface area contributed by atoms with Gasteiger partial charge in [-0.2, -0.15) is 0 Å². The van der Waals surface area contributed by atoms with Gasteiger partial charge in [-0.15, -0.1) is 11.3 Å². The molecule has 1 heterocycles. The molecule has 0 radical (unpaired) electrons. The van der Waals surface area contributed by atoms with E-state index in [1.54, 1.807) is 11.3 Å². The largest absolute Gasteiger partial charge is 0.228 e. The monoisotopic (exact) mass is 365 g/mol. The Morgan fingerprint density at radius 3 is 2.46 bits per heavy atom. The fourth-order valence-electron chi connectivity index (χ4n) is 0.987. The highest BCUT2D eigenvalue weighted by molar-refractivity contribution is 14.1. The van der Waals surface area contributed by atoms with Gasteiger partial charge in [0.2, 0.25) is 0 Å². The molecule has 0 aliphatic heterocycles. The normalized spacial score (nSPS) is 10.3. The maximum atomic E-state index is 4.41. The molecule has 0 spiro atoms. The maximum absolute atomic E-state index is 4.41. The van der Waals surface area contributed by atoms with E-state index in [1.165, 1.54) is 8.45 Å². The fraction of sp³-hybridized carbons (Fsp3) is 0. The second kappa shape index (κ2) is 4.06. The van der Waals surface area contributed by atoms with Crippen molar-refractivity contribution in [2.75, 3.05) is 0 Å². The molecule has 0 bridgehead atoms. The quantitative estimate of drug-likeness (QED) is 0.691. The van der Waals surface area contributed by atoms with Crippen molar-refractivity contribution in [2.24, 2.45) is 0 Å². The molecule has 2 rings (SSSR count). The lowest BCUT2D eigenvalue weighted by atomic mass is 10.2. The van der Waals surface area contributed by atoms with E-state index in [4.69, 9.17) is 0 Å². The van der Waals surface area contributed by atoms with Crippen molar-refractivity contribution in [3.63, 3.8) is 0 Å². The van der Waals surface area contributed by atoms with Crippen molar-refractivity contribution in [3.8, 4) is 10.6 Å². The summed E-state index contributed by atoms with van der Waals surface area (Å²) in [5.41, 5.74) is 1.18. The van der Waals surface area contributed by atoms with Crippen LogP contribution in [0.3, 0.4) is 0 Å². The molecule has 0 fully saturated rings. The van der Waals surface area contributed by atoms with Crippen molar-refractivity contribution < 1.29 is 0 Å². The van der Waals surface area contributed by atoms with Gasteiger partial charge in [0.1, 0.15) is 12.5 Å². The third-order valence-electron chi connectivity index (χ3n) is 1.57. The third kappa shape index (κ3) is 2.11. The van der Waals surface area contributed by atoms with Crippen molar-refractivity contribution in [1.82, 2.24) is 4.98 Å². The van der Waals surface area contributed by atoms with Crippen LogP contribution >= 0.6 is 49.9 Å². The Labute approximate surface area is 102 Å². The first-order chi connectivity index (χ1) is 6.27. The lowest BCUT2D eigenvalue weighted by Gasteiger charge is -1.92. The van der Waals surface area contributed by atoms with Gasteiger partial charge >= 0.3 is 0 Å². The van der Waals surface area contributed by atoms with Gasteiger partial charge in [-0.1, -0.05) is 30.3 Å². The highest BCUT2D eigenvalue weighted by Gasteiger charge is 2.06. The lowest BCUT2D eigenvalue weighted by molar-refractivity contribution is 1.35. The first-order valence-corrected chi connectivity index (χ1v) is 6.33. The minimum atomic E-state index is 0.942. The van der Waals surface area contributed by atoms with Gasteiger partial charge in [0.15, 0.2) is 0 Å². The molecule has 0 amide bonds. The highest BCUT2D eigenvalue weighted by Crippen LogP contribution is 2.31. The zero-order chi connectivity index (χ0) is 9.26. The molecule has 0 saturated heterocycles. The number of aromatic nitrogens is 1. The summed E-state index contributed by atoms with van der Waals surface area (Å²) in [6.07, 6.45) is 0. The molecule has 0 aliphatic carbocycles. The van der Waals surface area contributed by atoms with Gasteiger partial charge < -0.3 is 0 Å². The average molecular weight is 366 g/mol. The summed E-state index contributed by atoms with van der Waals surface area (Å²) in [6, 6.07) is 10.2. The molecule has 1 nitrogen and oxygen atoms in total. The zero-order valence-corrected chi connectivity index (χ0v) is 11.1. The van der Waals surface area contributed by atoms with Crippen LogP contribution in [0.4, 0.5) is 0 Å². The van der Waals surface area contributed by atoms with Crippen LogP contribution < -0.4 is 0 Å². The molecule has 0 N–H and O–H groups in total. The van der Waals surface area contributed by atoms with Crippen molar-refractivity contribution >= 4 is 49.9 Å². The van der Waals surface area contributed by atoms with E-state index in [2.05, 4.69) is 55.6 Å². The van der Waals surface area contributed by atoms with E-state index in [-0.39, 0.29) is 0 Å². The SMILES string of the molecule is Brc1nc(-c2ccccc2)sc1I. The third-order valence-corrected chi connectivity index (χ3v) is 5.21. The van der Waals surface area contributed by atoms with Crippen LogP contribution in [-0.4, -0.2) is 4.98 Å². The van der Waals surface area contributed by atoms with Gasteiger partial charge in [-0.3, -0.25) is 0 Å². The summed E-state index contributed by atoms with van der Waals surface area (Å²) in [4.78, 5) is 4.41. The molecule has 2 aromatic rings. The Bertz CT molecular complexity index is 393. The second-order valence-electron chi connectivity index (χ2n) is 2.45. The van der Waals surface area contributed by atoms with Crippen LogP contribution in [0.15, 0.2) is 34.9 Å². The van der Waals surface area contributed by atoms with E-state index >= 15 is 0 Å². The molecule has 0 unspecified atom stereocenters. The number of benzene rings is 1. The number of hydrogen-bond donors (Lipinski definition) is 0. The molecule has 1 aromatic carbocycles. The topological polar surface area (TPSA) is 12.9 Å². The van der Waals surface area contributed by atoms with Crippen LogP contribution in [0.25, 0.3) is 10.6 Å². The maximum Gasteiger partial charge on any atom is 0.131 e. The fourth-order valence-corrected chi connectivity index (χ4v) is 2.96. The van der Waals surface area contributed by atoms with Gasteiger partial charge in [-0.05, 0) is 38.5 Å². The molecule has 4 heteroatoms. The lowest BCUT2D eigenvalue weighted by Crippen LogP contribution is -1.73. The number of halogens is 2. The number of nitrogens with zero attached hydrogens (tertiary/aromatic N) is 1. The Hall–Kier alpha value is 0.0600. The summed E-state index contributed by atoms with van der Waals surface area (Å²) < 4.78 is 2.13. The van der Waals surface area contributed by atoms with Crippen LogP contribution in [0, 0.1) is 2.88 Å². The van der Waals surface area contributed by atoms with Crippen LogP contribution in [-0.2, 0) is 0 Å². The van der Waals surface area contributed by atoms with Crippen LogP contribution in [0.5, 0.6) is 0 Å².